The third kappa shape index (κ3) is 2.99. The van der Waals surface area contributed by atoms with E-state index in [2.05, 4.69) is 0 Å². The summed E-state index contributed by atoms with van der Waals surface area (Å²) >= 11 is 0. The molecule has 0 aliphatic heterocycles. The molecule has 0 amide bonds. The largest absolute Gasteiger partial charge is 0.330 e. The second-order valence-corrected chi connectivity index (χ2v) is 3.68. The fourth-order valence-electron chi connectivity index (χ4n) is 1.78. The summed E-state index contributed by atoms with van der Waals surface area (Å²) in [5.41, 5.74) is 5.89. The van der Waals surface area contributed by atoms with Gasteiger partial charge in [0.15, 0.2) is 11.6 Å². The highest BCUT2D eigenvalue weighted by Gasteiger charge is 2.15. The second kappa shape index (κ2) is 5.81. The van der Waals surface area contributed by atoms with Crippen molar-refractivity contribution in [3.05, 3.63) is 35.4 Å². The van der Waals surface area contributed by atoms with Crippen molar-refractivity contribution >= 4 is 0 Å². The van der Waals surface area contributed by atoms with Crippen LogP contribution in [0.5, 0.6) is 0 Å². The van der Waals surface area contributed by atoms with Crippen molar-refractivity contribution in [3.8, 4) is 0 Å². The monoisotopic (exact) mass is 213 g/mol. The maximum absolute atomic E-state index is 13.5. The molecule has 1 rings (SSSR count). The zero-order valence-corrected chi connectivity index (χ0v) is 8.97. The number of benzene rings is 1. The van der Waals surface area contributed by atoms with Crippen LogP contribution in [0.25, 0.3) is 0 Å². The van der Waals surface area contributed by atoms with E-state index >= 15 is 0 Å². The lowest BCUT2D eigenvalue weighted by Gasteiger charge is -2.15. The topological polar surface area (TPSA) is 26.0 Å². The van der Waals surface area contributed by atoms with Gasteiger partial charge in [0.25, 0.3) is 0 Å². The first-order chi connectivity index (χ1) is 7.20. The molecule has 1 atom stereocenters. The second-order valence-electron chi connectivity index (χ2n) is 3.68. The highest BCUT2D eigenvalue weighted by Crippen LogP contribution is 2.27. The maximum atomic E-state index is 13.5. The molecule has 1 aromatic carbocycles. The van der Waals surface area contributed by atoms with E-state index < -0.39 is 11.6 Å². The van der Waals surface area contributed by atoms with Gasteiger partial charge in [-0.25, -0.2) is 8.78 Å². The Balaban J connectivity index is 2.86. The van der Waals surface area contributed by atoms with E-state index in [-0.39, 0.29) is 5.92 Å². The molecule has 0 fully saturated rings. The molecule has 1 unspecified atom stereocenters. The van der Waals surface area contributed by atoms with E-state index in [1.807, 2.05) is 6.92 Å². The average molecular weight is 213 g/mol. The fourth-order valence-corrected chi connectivity index (χ4v) is 1.78. The quantitative estimate of drug-likeness (QED) is 0.798. The van der Waals surface area contributed by atoms with Crippen LogP contribution in [0.3, 0.4) is 0 Å². The minimum atomic E-state index is -0.765. The Hall–Kier alpha value is -0.960. The van der Waals surface area contributed by atoms with E-state index in [1.165, 1.54) is 0 Å². The summed E-state index contributed by atoms with van der Waals surface area (Å²) in [5.74, 6) is -1.40. The summed E-state index contributed by atoms with van der Waals surface area (Å²) in [5, 5.41) is 0. The maximum Gasteiger partial charge on any atom is 0.162 e. The summed E-state index contributed by atoms with van der Waals surface area (Å²) in [4.78, 5) is 0. The summed E-state index contributed by atoms with van der Waals surface area (Å²) in [7, 11) is 0. The minimum Gasteiger partial charge on any atom is -0.330 e. The van der Waals surface area contributed by atoms with Gasteiger partial charge in [-0.05, 0) is 43.4 Å². The number of hydrogen-bond donors (Lipinski definition) is 1. The molecule has 0 aliphatic carbocycles. The Bertz CT molecular complexity index is 312. The molecule has 3 heteroatoms. The van der Waals surface area contributed by atoms with Gasteiger partial charge in [-0.3, -0.25) is 0 Å². The minimum absolute atomic E-state index is 0.0734. The van der Waals surface area contributed by atoms with Gasteiger partial charge >= 0.3 is 0 Å². The van der Waals surface area contributed by atoms with Gasteiger partial charge in [-0.15, -0.1) is 0 Å². The summed E-state index contributed by atoms with van der Waals surface area (Å²) < 4.78 is 26.5. The van der Waals surface area contributed by atoms with Crippen LogP contribution in [0.1, 0.15) is 37.7 Å². The van der Waals surface area contributed by atoms with Gasteiger partial charge in [0.2, 0.25) is 0 Å². The van der Waals surface area contributed by atoms with Crippen molar-refractivity contribution < 1.29 is 8.78 Å². The number of halogens is 2. The number of rotatable bonds is 5. The zero-order chi connectivity index (χ0) is 11.3. The molecule has 1 nitrogen and oxygen atoms in total. The molecule has 0 spiro atoms. The number of hydrogen-bond acceptors (Lipinski definition) is 1. The molecule has 0 saturated carbocycles. The van der Waals surface area contributed by atoms with Crippen molar-refractivity contribution in [2.75, 3.05) is 6.54 Å². The summed E-state index contributed by atoms with van der Waals surface area (Å²) in [6, 6.07) is 4.36. The first-order valence-corrected chi connectivity index (χ1v) is 5.34. The lowest BCUT2D eigenvalue weighted by Crippen LogP contribution is -2.06. The third-order valence-electron chi connectivity index (χ3n) is 2.67. The van der Waals surface area contributed by atoms with Gasteiger partial charge in [0.05, 0.1) is 0 Å². The van der Waals surface area contributed by atoms with Gasteiger partial charge in [-0.2, -0.15) is 0 Å². The predicted octanol–water partition coefficient (Wildman–Crippen LogP) is 3.20. The van der Waals surface area contributed by atoms with Crippen LogP contribution in [0.4, 0.5) is 8.78 Å². The van der Waals surface area contributed by atoms with Gasteiger partial charge < -0.3 is 5.73 Å². The van der Waals surface area contributed by atoms with E-state index in [1.54, 1.807) is 12.1 Å². The Morgan fingerprint density at radius 3 is 2.67 bits per heavy atom. The van der Waals surface area contributed by atoms with E-state index in [0.29, 0.717) is 12.1 Å². The van der Waals surface area contributed by atoms with Crippen molar-refractivity contribution in [1.82, 2.24) is 0 Å². The van der Waals surface area contributed by atoms with Gasteiger partial charge in [-0.1, -0.05) is 19.1 Å². The molecule has 0 saturated heterocycles. The number of nitrogens with two attached hydrogens (primary N) is 1. The smallest absolute Gasteiger partial charge is 0.162 e. The highest BCUT2D eigenvalue weighted by atomic mass is 19.2. The van der Waals surface area contributed by atoms with Crippen LogP contribution in [-0.4, -0.2) is 6.54 Å². The lowest BCUT2D eigenvalue weighted by molar-refractivity contribution is 0.474. The SMILES string of the molecule is CCC(CCCN)c1cccc(F)c1F. The summed E-state index contributed by atoms with van der Waals surface area (Å²) in [6.07, 6.45) is 2.46. The Morgan fingerprint density at radius 2 is 2.07 bits per heavy atom. The van der Waals surface area contributed by atoms with E-state index in [9.17, 15) is 8.78 Å². The zero-order valence-electron chi connectivity index (χ0n) is 8.97. The van der Waals surface area contributed by atoms with Crippen LogP contribution >= 0.6 is 0 Å². The van der Waals surface area contributed by atoms with Crippen LogP contribution < -0.4 is 5.73 Å². The molecule has 0 bridgehead atoms. The molecule has 2 N–H and O–H groups in total. The van der Waals surface area contributed by atoms with Crippen molar-refractivity contribution in [2.45, 2.75) is 32.1 Å². The first-order valence-electron chi connectivity index (χ1n) is 5.34. The van der Waals surface area contributed by atoms with E-state index in [0.717, 1.165) is 25.3 Å². The normalized spacial score (nSPS) is 12.8. The average Bonchev–Trinajstić information content (AvgIpc) is 2.25. The van der Waals surface area contributed by atoms with Crippen LogP contribution in [0.15, 0.2) is 18.2 Å². The van der Waals surface area contributed by atoms with Crippen molar-refractivity contribution in [2.24, 2.45) is 5.73 Å². The highest BCUT2D eigenvalue weighted by molar-refractivity contribution is 5.22. The van der Waals surface area contributed by atoms with Crippen molar-refractivity contribution in [1.29, 1.82) is 0 Å². The standard InChI is InChI=1S/C12H17F2N/c1-2-9(5-4-8-15)10-6-3-7-11(13)12(10)14/h3,6-7,9H,2,4-5,8,15H2,1H3. The molecule has 0 aliphatic rings. The van der Waals surface area contributed by atoms with Crippen LogP contribution in [0.2, 0.25) is 0 Å². The molecule has 15 heavy (non-hydrogen) atoms. The molecular weight excluding hydrogens is 196 g/mol. The lowest BCUT2D eigenvalue weighted by atomic mass is 9.91. The van der Waals surface area contributed by atoms with Crippen LogP contribution in [-0.2, 0) is 0 Å². The van der Waals surface area contributed by atoms with E-state index in [4.69, 9.17) is 5.73 Å². The molecule has 0 aromatic heterocycles. The first kappa shape index (κ1) is 12.1. The van der Waals surface area contributed by atoms with Crippen molar-refractivity contribution in [3.63, 3.8) is 0 Å². The van der Waals surface area contributed by atoms with Gasteiger partial charge in [0, 0.05) is 0 Å². The predicted molar refractivity (Wildman–Crippen MR) is 57.7 cm³/mol. The van der Waals surface area contributed by atoms with Gasteiger partial charge in [0.1, 0.15) is 0 Å². The molecule has 1 aromatic rings. The van der Waals surface area contributed by atoms with Crippen LogP contribution in [0, 0.1) is 11.6 Å². The third-order valence-corrected chi connectivity index (χ3v) is 2.67. The fraction of sp³-hybridized carbons (Fsp3) is 0.500. The Kier molecular flexibility index (Phi) is 4.69. The summed E-state index contributed by atoms with van der Waals surface area (Å²) in [6.45, 7) is 2.57. The molecule has 0 radical (unpaired) electrons. The Morgan fingerprint density at radius 1 is 1.33 bits per heavy atom. The molecule has 84 valence electrons. The molecule has 0 heterocycles. The Labute approximate surface area is 89.3 Å². The molecular formula is C12H17F2N.